The average molecular weight is 334 g/mol. The summed E-state index contributed by atoms with van der Waals surface area (Å²) in [6, 6.07) is 0. The molecule has 10 nitrogen and oxygen atoms in total. The minimum atomic E-state index is -1.67. The SMILES string of the molecule is COC1O[C@H](C(=O)O)[C@@H](OC(C)=O)[C@H](OC(C)=O)[C@H]1OC(C)=O. The molecule has 5 atom stereocenters. The van der Waals surface area contributed by atoms with Gasteiger partial charge >= 0.3 is 23.9 Å². The Morgan fingerprint density at radius 3 is 1.65 bits per heavy atom. The molecule has 1 unspecified atom stereocenters. The molecule has 1 aliphatic rings. The van der Waals surface area contributed by atoms with E-state index in [1.807, 2.05) is 0 Å². The first-order valence-corrected chi connectivity index (χ1v) is 6.60. The number of carboxylic acid groups (broad SMARTS) is 1. The maximum absolute atomic E-state index is 11.3. The Morgan fingerprint density at radius 1 is 0.826 bits per heavy atom. The van der Waals surface area contributed by atoms with Crippen LogP contribution < -0.4 is 0 Å². The number of hydrogen-bond donors (Lipinski definition) is 1. The molecule has 1 rings (SSSR count). The quantitative estimate of drug-likeness (QED) is 0.504. The zero-order valence-electron chi connectivity index (χ0n) is 13.0. The lowest BCUT2D eigenvalue weighted by atomic mass is 9.98. The third-order valence-electron chi connectivity index (χ3n) is 2.88. The summed E-state index contributed by atoms with van der Waals surface area (Å²) in [5.74, 6) is -3.81. The first-order chi connectivity index (χ1) is 10.7. The molecule has 0 bridgehead atoms. The molecule has 0 aromatic heterocycles. The number of ether oxygens (including phenoxy) is 5. The summed E-state index contributed by atoms with van der Waals surface area (Å²) in [6.07, 6.45) is -7.21. The van der Waals surface area contributed by atoms with Crippen LogP contribution in [-0.2, 0) is 42.9 Å². The summed E-state index contributed by atoms with van der Waals surface area (Å²) < 4.78 is 25.1. The molecule has 1 heterocycles. The molecule has 23 heavy (non-hydrogen) atoms. The van der Waals surface area contributed by atoms with Crippen LogP contribution in [0.2, 0.25) is 0 Å². The second-order valence-corrected chi connectivity index (χ2v) is 4.72. The monoisotopic (exact) mass is 334 g/mol. The fourth-order valence-corrected chi connectivity index (χ4v) is 2.16. The predicted molar refractivity (Wildman–Crippen MR) is 70.0 cm³/mol. The summed E-state index contributed by atoms with van der Waals surface area (Å²) in [7, 11) is 1.19. The van der Waals surface area contributed by atoms with E-state index < -0.39 is 54.6 Å². The lowest BCUT2D eigenvalue weighted by molar-refractivity contribution is -0.295. The lowest BCUT2D eigenvalue weighted by Crippen LogP contribution is -2.63. The molecule has 10 heteroatoms. The minimum absolute atomic E-state index is 0.742. The van der Waals surface area contributed by atoms with Crippen molar-refractivity contribution in [3.8, 4) is 0 Å². The Balaban J connectivity index is 3.25. The summed E-state index contributed by atoms with van der Waals surface area (Å²) >= 11 is 0. The van der Waals surface area contributed by atoms with E-state index in [1.54, 1.807) is 0 Å². The van der Waals surface area contributed by atoms with Crippen LogP contribution >= 0.6 is 0 Å². The van der Waals surface area contributed by atoms with Crippen LogP contribution in [0.15, 0.2) is 0 Å². The Hall–Kier alpha value is -2.20. The van der Waals surface area contributed by atoms with Gasteiger partial charge in [0.05, 0.1) is 0 Å². The molecule has 0 amide bonds. The van der Waals surface area contributed by atoms with Crippen molar-refractivity contribution in [3.05, 3.63) is 0 Å². The van der Waals surface area contributed by atoms with Crippen molar-refractivity contribution in [1.29, 1.82) is 0 Å². The highest BCUT2D eigenvalue weighted by molar-refractivity contribution is 5.75. The highest BCUT2D eigenvalue weighted by Gasteiger charge is 2.54. The second-order valence-electron chi connectivity index (χ2n) is 4.72. The molecule has 0 spiro atoms. The maximum Gasteiger partial charge on any atom is 0.337 e. The van der Waals surface area contributed by atoms with Crippen molar-refractivity contribution < 1.29 is 48.0 Å². The van der Waals surface area contributed by atoms with E-state index in [9.17, 15) is 24.3 Å². The molecule has 1 N–H and O–H groups in total. The van der Waals surface area contributed by atoms with E-state index in [0.29, 0.717) is 0 Å². The van der Waals surface area contributed by atoms with Gasteiger partial charge in [-0.2, -0.15) is 0 Å². The first kappa shape index (κ1) is 18.8. The number of aliphatic carboxylic acids is 1. The predicted octanol–water partition coefficient (Wildman–Crippen LogP) is -0.763. The maximum atomic E-state index is 11.3. The van der Waals surface area contributed by atoms with Crippen molar-refractivity contribution >= 4 is 23.9 Å². The topological polar surface area (TPSA) is 135 Å². The Kier molecular flexibility index (Phi) is 6.46. The van der Waals surface area contributed by atoms with Crippen LogP contribution in [0.4, 0.5) is 0 Å². The molecule has 1 fully saturated rings. The standard InChI is InChI=1S/C13H18O10/c1-5(14)20-8-9(21-6(2)15)11(22-7(3)16)13(19-4)23-10(8)12(17)18/h8-11,13H,1-4H3,(H,17,18)/t8-,9-,10-,11+,13?/m0/s1. The molecule has 0 radical (unpaired) electrons. The van der Waals surface area contributed by atoms with Crippen LogP contribution in [0.25, 0.3) is 0 Å². The van der Waals surface area contributed by atoms with Crippen molar-refractivity contribution in [2.24, 2.45) is 0 Å². The Morgan fingerprint density at radius 2 is 1.26 bits per heavy atom. The van der Waals surface area contributed by atoms with E-state index in [1.165, 1.54) is 7.11 Å². The van der Waals surface area contributed by atoms with Crippen LogP contribution in [0.1, 0.15) is 20.8 Å². The van der Waals surface area contributed by atoms with Crippen molar-refractivity contribution in [2.75, 3.05) is 7.11 Å². The Bertz CT molecular complexity index is 487. The molecular formula is C13H18O10. The average Bonchev–Trinajstić information content (AvgIpc) is 2.40. The van der Waals surface area contributed by atoms with Crippen LogP contribution in [-0.4, -0.2) is 66.8 Å². The van der Waals surface area contributed by atoms with E-state index in [4.69, 9.17) is 23.7 Å². The van der Waals surface area contributed by atoms with Gasteiger partial charge in [0.25, 0.3) is 0 Å². The van der Waals surface area contributed by atoms with Gasteiger partial charge in [-0.1, -0.05) is 0 Å². The number of esters is 3. The minimum Gasteiger partial charge on any atom is -0.479 e. The number of rotatable bonds is 5. The van der Waals surface area contributed by atoms with Crippen LogP contribution in [0.3, 0.4) is 0 Å². The largest absolute Gasteiger partial charge is 0.479 e. The smallest absolute Gasteiger partial charge is 0.337 e. The van der Waals surface area contributed by atoms with E-state index in [0.717, 1.165) is 20.8 Å². The van der Waals surface area contributed by atoms with Gasteiger partial charge in [0.2, 0.25) is 0 Å². The van der Waals surface area contributed by atoms with Gasteiger partial charge in [0.15, 0.2) is 30.7 Å². The van der Waals surface area contributed by atoms with E-state index >= 15 is 0 Å². The molecule has 0 aliphatic carbocycles. The fourth-order valence-electron chi connectivity index (χ4n) is 2.16. The normalized spacial score (nSPS) is 30.2. The zero-order valence-corrected chi connectivity index (χ0v) is 13.0. The molecule has 130 valence electrons. The molecule has 0 saturated carbocycles. The number of hydrogen-bond acceptors (Lipinski definition) is 9. The molecule has 0 aromatic carbocycles. The number of carbonyl (C=O) groups is 4. The van der Waals surface area contributed by atoms with Crippen LogP contribution in [0, 0.1) is 0 Å². The van der Waals surface area contributed by atoms with Gasteiger partial charge < -0.3 is 28.8 Å². The van der Waals surface area contributed by atoms with Crippen molar-refractivity contribution in [3.63, 3.8) is 0 Å². The molecule has 1 aliphatic heterocycles. The van der Waals surface area contributed by atoms with Gasteiger partial charge in [-0.25, -0.2) is 4.79 Å². The second kappa shape index (κ2) is 7.88. The lowest BCUT2D eigenvalue weighted by Gasteiger charge is -2.42. The zero-order chi connectivity index (χ0) is 17.7. The summed E-state index contributed by atoms with van der Waals surface area (Å²) in [5, 5.41) is 9.23. The summed E-state index contributed by atoms with van der Waals surface area (Å²) in [4.78, 5) is 45.2. The molecule has 1 saturated heterocycles. The first-order valence-electron chi connectivity index (χ1n) is 6.60. The number of carboxylic acids is 1. The highest BCUT2D eigenvalue weighted by Crippen LogP contribution is 2.29. The third-order valence-corrected chi connectivity index (χ3v) is 2.88. The van der Waals surface area contributed by atoms with Crippen molar-refractivity contribution in [2.45, 2.75) is 51.5 Å². The van der Waals surface area contributed by atoms with Gasteiger partial charge in [0, 0.05) is 27.9 Å². The Labute approximate surface area is 131 Å². The summed E-state index contributed by atoms with van der Waals surface area (Å²) in [5.41, 5.74) is 0. The summed E-state index contributed by atoms with van der Waals surface area (Å²) in [6.45, 7) is 3.22. The van der Waals surface area contributed by atoms with E-state index in [2.05, 4.69) is 0 Å². The van der Waals surface area contributed by atoms with Crippen LogP contribution in [0.5, 0.6) is 0 Å². The third kappa shape index (κ3) is 4.89. The molecular weight excluding hydrogens is 316 g/mol. The van der Waals surface area contributed by atoms with Crippen molar-refractivity contribution in [1.82, 2.24) is 0 Å². The van der Waals surface area contributed by atoms with Gasteiger partial charge in [-0.15, -0.1) is 0 Å². The fraction of sp³-hybridized carbons (Fsp3) is 0.692. The highest BCUT2D eigenvalue weighted by atomic mass is 16.7. The molecule has 0 aromatic rings. The number of methoxy groups -OCH3 is 1. The number of carbonyl (C=O) groups excluding carboxylic acids is 3. The van der Waals surface area contributed by atoms with Gasteiger partial charge in [0.1, 0.15) is 0 Å². The van der Waals surface area contributed by atoms with E-state index in [-0.39, 0.29) is 0 Å². The van der Waals surface area contributed by atoms with Gasteiger partial charge in [-0.05, 0) is 0 Å². The van der Waals surface area contributed by atoms with Gasteiger partial charge in [-0.3, -0.25) is 14.4 Å².